The first-order valence-electron chi connectivity index (χ1n) is 14.0. The number of phenolic OH excluding ortho intramolecular Hbond substituents is 2. The molecule has 2 aliphatic rings. The van der Waals surface area contributed by atoms with E-state index < -0.39 is 12.2 Å². The van der Waals surface area contributed by atoms with Crippen molar-refractivity contribution in [1.29, 1.82) is 0 Å². The van der Waals surface area contributed by atoms with Gasteiger partial charge in [0.15, 0.2) is 17.6 Å². The van der Waals surface area contributed by atoms with Gasteiger partial charge in [0, 0.05) is 28.7 Å². The van der Waals surface area contributed by atoms with E-state index in [9.17, 15) is 20.4 Å². The molecule has 0 radical (unpaired) electrons. The van der Waals surface area contributed by atoms with Gasteiger partial charge in [-0.1, -0.05) is 32.3 Å². The van der Waals surface area contributed by atoms with E-state index in [1.165, 1.54) is 14.2 Å². The lowest BCUT2D eigenvalue weighted by molar-refractivity contribution is -0.00357. The molecule has 0 bridgehead atoms. The molecule has 4 N–H and O–H groups in total. The largest absolute Gasteiger partial charge is 0.508 e. The summed E-state index contributed by atoms with van der Waals surface area (Å²) in [6.07, 6.45) is 3.68. The summed E-state index contributed by atoms with van der Waals surface area (Å²) in [5, 5.41) is 42.0. The molecule has 3 aromatic rings. The van der Waals surface area contributed by atoms with Gasteiger partial charge in [-0.15, -0.1) is 0 Å². The van der Waals surface area contributed by atoms with Gasteiger partial charge in [-0.25, -0.2) is 0 Å². The predicted molar refractivity (Wildman–Crippen MR) is 151 cm³/mol. The van der Waals surface area contributed by atoms with Crippen LogP contribution in [0.3, 0.4) is 0 Å². The summed E-state index contributed by atoms with van der Waals surface area (Å²) < 4.78 is 23.4. The molecule has 0 saturated heterocycles. The van der Waals surface area contributed by atoms with Crippen molar-refractivity contribution in [3.63, 3.8) is 0 Å². The first-order chi connectivity index (χ1) is 19.4. The van der Waals surface area contributed by atoms with Crippen molar-refractivity contribution in [3.8, 4) is 45.6 Å². The van der Waals surface area contributed by atoms with Gasteiger partial charge in [-0.05, 0) is 60.2 Å². The normalized spacial score (nSPS) is 19.2. The van der Waals surface area contributed by atoms with E-state index in [-0.39, 0.29) is 42.1 Å². The number of phenols is 2. The van der Waals surface area contributed by atoms with E-state index in [1.54, 1.807) is 24.3 Å². The average molecular weight is 551 g/mol. The minimum Gasteiger partial charge on any atom is -0.508 e. The highest BCUT2D eigenvalue weighted by Crippen LogP contribution is 2.54. The van der Waals surface area contributed by atoms with Crippen molar-refractivity contribution >= 4 is 0 Å². The molecular weight excluding hydrogens is 512 g/mol. The smallest absolute Gasteiger partial charge is 0.200 e. The third kappa shape index (κ3) is 5.02. The number of rotatable bonds is 10. The Kier molecular flexibility index (Phi) is 8.28. The summed E-state index contributed by atoms with van der Waals surface area (Å²) in [5.74, 6) is 1.60. The molecule has 5 rings (SSSR count). The molecule has 0 unspecified atom stereocenters. The van der Waals surface area contributed by atoms with Gasteiger partial charge in [0.25, 0.3) is 0 Å². The van der Waals surface area contributed by atoms with Crippen molar-refractivity contribution < 1.29 is 39.4 Å². The average Bonchev–Trinajstić information content (AvgIpc) is 2.96. The molecule has 0 spiro atoms. The number of benzene rings is 3. The Morgan fingerprint density at radius 2 is 1.70 bits per heavy atom. The van der Waals surface area contributed by atoms with Gasteiger partial charge in [0.2, 0.25) is 5.75 Å². The molecule has 1 heterocycles. The number of aromatic hydroxyl groups is 2. The molecule has 40 heavy (non-hydrogen) atoms. The second-order valence-electron chi connectivity index (χ2n) is 10.5. The maximum atomic E-state index is 11.9. The van der Waals surface area contributed by atoms with Crippen LogP contribution in [0.1, 0.15) is 66.9 Å². The minimum absolute atomic E-state index is 0.114. The number of hydrogen-bond acceptors (Lipinski definition) is 8. The van der Waals surface area contributed by atoms with Crippen LogP contribution in [0.15, 0.2) is 36.4 Å². The number of aliphatic hydroxyl groups excluding tert-OH is 2. The number of aliphatic hydroxyl groups is 2. The van der Waals surface area contributed by atoms with E-state index in [1.807, 2.05) is 12.1 Å². The molecule has 0 aromatic heterocycles. The number of ether oxygens (including phenoxy) is 4. The second kappa shape index (κ2) is 11.9. The molecule has 0 saturated carbocycles. The quantitative estimate of drug-likeness (QED) is 0.248. The number of unbranched alkanes of at least 4 members (excludes halogenated alkanes) is 2. The first kappa shape index (κ1) is 27.9. The molecular formula is C32H38O8. The van der Waals surface area contributed by atoms with Crippen LogP contribution in [-0.2, 0) is 12.8 Å². The zero-order valence-electron chi connectivity index (χ0n) is 23.3. The van der Waals surface area contributed by atoms with Crippen LogP contribution in [0.5, 0.6) is 34.5 Å². The molecule has 0 fully saturated rings. The summed E-state index contributed by atoms with van der Waals surface area (Å²) in [5.41, 5.74) is 5.62. The number of aryl methyl sites for hydroxylation is 1. The first-order valence-corrected chi connectivity index (χ1v) is 14.0. The van der Waals surface area contributed by atoms with E-state index in [0.29, 0.717) is 23.5 Å². The van der Waals surface area contributed by atoms with Crippen LogP contribution in [0.25, 0.3) is 11.1 Å². The van der Waals surface area contributed by atoms with E-state index in [4.69, 9.17) is 18.9 Å². The van der Waals surface area contributed by atoms with Crippen molar-refractivity contribution in [2.45, 2.75) is 63.6 Å². The lowest BCUT2D eigenvalue weighted by atomic mass is 9.74. The highest BCUT2D eigenvalue weighted by molar-refractivity contribution is 5.82. The Labute approximate surface area is 234 Å². The van der Waals surface area contributed by atoms with Crippen LogP contribution in [-0.4, -0.2) is 54.0 Å². The molecule has 1 aliphatic heterocycles. The van der Waals surface area contributed by atoms with Crippen LogP contribution in [0, 0.1) is 0 Å². The predicted octanol–water partition coefficient (Wildman–Crippen LogP) is 5.41. The SMILES string of the molecule is CCCCC[C@@H]1c2c(cc(OCCO)c3c2CCc2cc(O)ccc2-3)O[C@@H](c2cc(OC)c(O)c(OC)c2)[C@@H]1O. The number of methoxy groups -OCH3 is 2. The Bertz CT molecular complexity index is 1340. The van der Waals surface area contributed by atoms with Gasteiger partial charge in [0.05, 0.1) is 20.8 Å². The maximum Gasteiger partial charge on any atom is 0.200 e. The van der Waals surface area contributed by atoms with Gasteiger partial charge in [-0.2, -0.15) is 0 Å². The highest BCUT2D eigenvalue weighted by atomic mass is 16.5. The molecule has 8 nitrogen and oxygen atoms in total. The summed E-state index contributed by atoms with van der Waals surface area (Å²) in [6, 6.07) is 10.6. The molecule has 214 valence electrons. The van der Waals surface area contributed by atoms with Crippen LogP contribution >= 0.6 is 0 Å². The highest BCUT2D eigenvalue weighted by Gasteiger charge is 2.42. The second-order valence-corrected chi connectivity index (χ2v) is 10.5. The molecule has 3 atom stereocenters. The van der Waals surface area contributed by atoms with E-state index in [0.717, 1.165) is 59.9 Å². The zero-order valence-corrected chi connectivity index (χ0v) is 23.3. The summed E-state index contributed by atoms with van der Waals surface area (Å²) in [6.45, 7) is 2.14. The topological polar surface area (TPSA) is 118 Å². The van der Waals surface area contributed by atoms with Gasteiger partial charge in [0.1, 0.15) is 30.0 Å². The van der Waals surface area contributed by atoms with E-state index >= 15 is 0 Å². The Morgan fingerprint density at radius 1 is 0.950 bits per heavy atom. The fraction of sp³-hybridized carbons (Fsp3) is 0.438. The molecule has 8 heteroatoms. The van der Waals surface area contributed by atoms with Crippen LogP contribution in [0.4, 0.5) is 0 Å². The lowest BCUT2D eigenvalue weighted by Gasteiger charge is -2.40. The Balaban J connectivity index is 1.69. The number of hydrogen-bond donors (Lipinski definition) is 4. The summed E-state index contributed by atoms with van der Waals surface area (Å²) >= 11 is 0. The van der Waals surface area contributed by atoms with E-state index in [2.05, 4.69) is 6.92 Å². The standard InChI is InChI=1S/C32H38O8/c1-4-5-6-7-23-29-22-10-8-18-14-20(34)9-11-21(18)28(22)24(39-13-12-33)17-25(29)40-32(30(23)35)19-15-26(37-2)31(36)27(16-19)38-3/h9,11,14-17,23,30,32-36H,4-8,10,12-13H2,1-3H3/t23-,30-,32+/m1/s1. The summed E-state index contributed by atoms with van der Waals surface area (Å²) in [7, 11) is 2.93. The maximum absolute atomic E-state index is 11.9. The Hall–Kier alpha value is -3.62. The van der Waals surface area contributed by atoms with Crippen molar-refractivity contribution in [2.24, 2.45) is 0 Å². The van der Waals surface area contributed by atoms with Gasteiger partial charge >= 0.3 is 0 Å². The number of fused-ring (bicyclic) bond motifs is 5. The third-order valence-electron chi connectivity index (χ3n) is 8.05. The molecule has 1 aliphatic carbocycles. The van der Waals surface area contributed by atoms with Crippen molar-refractivity contribution in [2.75, 3.05) is 27.4 Å². The van der Waals surface area contributed by atoms with Gasteiger partial charge in [-0.3, -0.25) is 0 Å². The molecule has 0 amide bonds. The Morgan fingerprint density at radius 3 is 2.38 bits per heavy atom. The van der Waals surface area contributed by atoms with Gasteiger partial charge < -0.3 is 39.4 Å². The van der Waals surface area contributed by atoms with Crippen LogP contribution < -0.4 is 18.9 Å². The monoisotopic (exact) mass is 550 g/mol. The lowest BCUT2D eigenvalue weighted by Crippen LogP contribution is -2.36. The fourth-order valence-electron chi connectivity index (χ4n) is 6.18. The minimum atomic E-state index is -0.863. The fourth-order valence-corrected chi connectivity index (χ4v) is 6.18. The van der Waals surface area contributed by atoms with Crippen molar-refractivity contribution in [3.05, 3.63) is 58.7 Å². The molecule has 3 aromatic carbocycles. The van der Waals surface area contributed by atoms with Crippen LogP contribution in [0.2, 0.25) is 0 Å². The zero-order chi connectivity index (χ0) is 28.4. The summed E-state index contributed by atoms with van der Waals surface area (Å²) in [4.78, 5) is 0. The third-order valence-corrected chi connectivity index (χ3v) is 8.05. The van der Waals surface area contributed by atoms with Crippen molar-refractivity contribution in [1.82, 2.24) is 0 Å².